The first kappa shape index (κ1) is 20.4. The van der Waals surface area contributed by atoms with E-state index in [0.717, 1.165) is 22.6 Å². The van der Waals surface area contributed by atoms with E-state index in [1.807, 2.05) is 41.8 Å². The minimum absolute atomic E-state index is 0.233. The number of carboxylic acid groups (broad SMARTS) is 1. The van der Waals surface area contributed by atoms with E-state index >= 15 is 0 Å². The smallest absolute Gasteiger partial charge is 0.325 e. The molecule has 1 atom stereocenters. The molecule has 3 rings (SSSR count). The third-order valence-electron chi connectivity index (χ3n) is 4.51. The molecule has 3 N–H and O–H groups in total. The maximum atomic E-state index is 12.7. The number of nitrogens with zero attached hydrogens (tertiary/aromatic N) is 2. The number of aryl methyl sites for hydroxylation is 1. The molecule has 3 aromatic rings. The summed E-state index contributed by atoms with van der Waals surface area (Å²) in [6.45, 7) is 9.61. The number of carbonyl (C=O) groups is 2. The van der Waals surface area contributed by atoms with Crippen LogP contribution in [0.25, 0.3) is 16.9 Å². The van der Waals surface area contributed by atoms with Crippen molar-refractivity contribution >= 4 is 23.3 Å². The van der Waals surface area contributed by atoms with Gasteiger partial charge in [0.25, 0.3) is 5.91 Å². The molecule has 0 saturated carbocycles. The number of hydrogen-bond acceptors (Lipinski definition) is 4. The number of carbonyl (C=O) groups excluding carboxylic acids is 1. The first-order valence-electron chi connectivity index (χ1n) is 9.47. The quantitative estimate of drug-likeness (QED) is 0.613. The molecule has 29 heavy (non-hydrogen) atoms. The van der Waals surface area contributed by atoms with E-state index in [1.54, 1.807) is 12.1 Å². The van der Waals surface area contributed by atoms with E-state index < -0.39 is 17.9 Å². The van der Waals surface area contributed by atoms with Gasteiger partial charge in [-0.25, -0.2) is 4.98 Å². The first-order chi connectivity index (χ1) is 13.6. The molecule has 7 nitrogen and oxygen atoms in total. The van der Waals surface area contributed by atoms with E-state index in [9.17, 15) is 9.59 Å². The number of hydrogen-bond donors (Lipinski definition) is 3. The predicted molar refractivity (Wildman–Crippen MR) is 113 cm³/mol. The molecule has 0 aliphatic carbocycles. The number of anilines is 1. The zero-order chi connectivity index (χ0) is 21.3. The second-order valence-corrected chi connectivity index (χ2v) is 8.15. The largest absolute Gasteiger partial charge is 0.480 e. The fraction of sp³-hybridized carbons (Fsp3) is 0.318. The van der Waals surface area contributed by atoms with Crippen molar-refractivity contribution < 1.29 is 14.7 Å². The van der Waals surface area contributed by atoms with Crippen molar-refractivity contribution in [2.24, 2.45) is 0 Å². The number of benzene rings is 1. The number of amides is 1. The number of aliphatic carboxylic acids is 1. The third-order valence-corrected chi connectivity index (χ3v) is 4.51. The van der Waals surface area contributed by atoms with Crippen LogP contribution in [0.2, 0.25) is 0 Å². The van der Waals surface area contributed by atoms with Gasteiger partial charge < -0.3 is 15.7 Å². The first-order valence-corrected chi connectivity index (χ1v) is 9.47. The molecule has 152 valence electrons. The summed E-state index contributed by atoms with van der Waals surface area (Å²) < 4.78 is 1.84. The molecule has 0 radical (unpaired) electrons. The number of nitrogens with one attached hydrogen (secondary N) is 2. The van der Waals surface area contributed by atoms with Crippen LogP contribution in [0.3, 0.4) is 0 Å². The maximum Gasteiger partial charge on any atom is 0.325 e. The molecule has 0 saturated heterocycles. The molecule has 0 bridgehead atoms. The molecular formula is C22H26N4O3. The molecule has 0 spiro atoms. The fourth-order valence-corrected chi connectivity index (χ4v) is 3.08. The molecule has 7 heteroatoms. The van der Waals surface area contributed by atoms with Gasteiger partial charge in [0.05, 0.1) is 5.56 Å². The van der Waals surface area contributed by atoms with Gasteiger partial charge in [-0.2, -0.15) is 0 Å². The standard InChI is InChI=1S/C22H26N4O3/c1-13-9-6-7-10-15(13)17-19(25-22(3,4)5)26-12-8-11-16(18(26)24-17)20(27)23-14(2)21(28)29/h6-12,14,25H,1-5H3,(H,23,27)(H,28,29). The Morgan fingerprint density at radius 1 is 1.14 bits per heavy atom. The van der Waals surface area contributed by atoms with Gasteiger partial charge in [-0.15, -0.1) is 0 Å². The van der Waals surface area contributed by atoms with E-state index in [0.29, 0.717) is 11.2 Å². The summed E-state index contributed by atoms with van der Waals surface area (Å²) in [6.07, 6.45) is 1.84. The van der Waals surface area contributed by atoms with Crippen LogP contribution >= 0.6 is 0 Å². The zero-order valence-corrected chi connectivity index (χ0v) is 17.3. The van der Waals surface area contributed by atoms with Gasteiger partial charge in [0.2, 0.25) is 0 Å². The van der Waals surface area contributed by atoms with Crippen LogP contribution in [0.15, 0.2) is 42.6 Å². The van der Waals surface area contributed by atoms with Crippen LogP contribution in [0.5, 0.6) is 0 Å². The van der Waals surface area contributed by atoms with Gasteiger partial charge in [-0.3, -0.25) is 14.0 Å². The SMILES string of the molecule is Cc1ccccc1-c1nc2c(C(=O)NC(C)C(=O)O)cccn2c1NC(C)(C)C. The van der Waals surface area contributed by atoms with Gasteiger partial charge in [-0.1, -0.05) is 24.3 Å². The van der Waals surface area contributed by atoms with Crippen molar-refractivity contribution in [3.8, 4) is 11.3 Å². The average Bonchev–Trinajstić information content (AvgIpc) is 2.98. The van der Waals surface area contributed by atoms with Gasteiger partial charge in [-0.05, 0) is 52.3 Å². The minimum Gasteiger partial charge on any atom is -0.480 e. The summed E-state index contributed by atoms with van der Waals surface area (Å²) in [5.74, 6) is -0.791. The van der Waals surface area contributed by atoms with E-state index in [-0.39, 0.29) is 5.54 Å². The number of aromatic nitrogens is 2. The molecule has 1 aromatic carbocycles. The summed E-state index contributed by atoms with van der Waals surface area (Å²) in [5.41, 5.74) is 3.32. The lowest BCUT2D eigenvalue weighted by Gasteiger charge is -2.23. The Bertz CT molecular complexity index is 1080. The topological polar surface area (TPSA) is 95.7 Å². The van der Waals surface area contributed by atoms with Crippen molar-refractivity contribution in [1.82, 2.24) is 14.7 Å². The molecular weight excluding hydrogens is 368 g/mol. The van der Waals surface area contributed by atoms with Crippen LogP contribution in [-0.4, -0.2) is 37.9 Å². The molecule has 2 heterocycles. The highest BCUT2D eigenvalue weighted by molar-refractivity contribution is 6.02. The van der Waals surface area contributed by atoms with Gasteiger partial charge >= 0.3 is 5.97 Å². The van der Waals surface area contributed by atoms with Gasteiger partial charge in [0.1, 0.15) is 17.6 Å². The summed E-state index contributed by atoms with van der Waals surface area (Å²) in [4.78, 5) is 28.6. The number of carboxylic acids is 1. The Morgan fingerprint density at radius 2 is 1.83 bits per heavy atom. The normalized spacial score (nSPS) is 12.6. The van der Waals surface area contributed by atoms with Crippen molar-refractivity contribution in [3.63, 3.8) is 0 Å². The van der Waals surface area contributed by atoms with Crippen molar-refractivity contribution in [1.29, 1.82) is 0 Å². The number of rotatable bonds is 5. The van der Waals surface area contributed by atoms with Crippen LogP contribution in [0, 0.1) is 6.92 Å². The van der Waals surface area contributed by atoms with Crippen LogP contribution < -0.4 is 10.6 Å². The summed E-state index contributed by atoms with van der Waals surface area (Å²) in [5, 5.41) is 15.1. The molecule has 1 unspecified atom stereocenters. The minimum atomic E-state index is -1.09. The predicted octanol–water partition coefficient (Wildman–Crippen LogP) is 3.72. The highest BCUT2D eigenvalue weighted by atomic mass is 16.4. The summed E-state index contributed by atoms with van der Waals surface area (Å²) >= 11 is 0. The summed E-state index contributed by atoms with van der Waals surface area (Å²) in [7, 11) is 0. The highest BCUT2D eigenvalue weighted by Crippen LogP contribution is 2.33. The summed E-state index contributed by atoms with van der Waals surface area (Å²) in [6, 6.07) is 10.3. The molecule has 0 aliphatic rings. The number of imidazole rings is 1. The molecule has 0 aliphatic heterocycles. The van der Waals surface area contributed by atoms with Crippen LogP contribution in [-0.2, 0) is 4.79 Å². The van der Waals surface area contributed by atoms with Gasteiger partial charge in [0, 0.05) is 17.3 Å². The second kappa shape index (κ2) is 7.58. The Kier molecular flexibility index (Phi) is 5.33. The lowest BCUT2D eigenvalue weighted by atomic mass is 10.0. The van der Waals surface area contributed by atoms with E-state index in [2.05, 4.69) is 31.4 Å². The lowest BCUT2D eigenvalue weighted by molar-refractivity contribution is -0.138. The van der Waals surface area contributed by atoms with E-state index in [4.69, 9.17) is 10.1 Å². The molecule has 0 fully saturated rings. The van der Waals surface area contributed by atoms with Crippen molar-refractivity contribution in [2.75, 3.05) is 5.32 Å². The molecule has 2 aromatic heterocycles. The fourth-order valence-electron chi connectivity index (χ4n) is 3.08. The average molecular weight is 394 g/mol. The Labute approximate surface area is 169 Å². The lowest BCUT2D eigenvalue weighted by Crippen LogP contribution is -2.38. The monoisotopic (exact) mass is 394 g/mol. The van der Waals surface area contributed by atoms with Gasteiger partial charge in [0.15, 0.2) is 5.65 Å². The van der Waals surface area contributed by atoms with Crippen LogP contribution in [0.1, 0.15) is 43.6 Å². The van der Waals surface area contributed by atoms with E-state index in [1.165, 1.54) is 6.92 Å². The van der Waals surface area contributed by atoms with Crippen LogP contribution in [0.4, 0.5) is 5.82 Å². The Balaban J connectivity index is 2.21. The Morgan fingerprint density at radius 3 is 2.45 bits per heavy atom. The Hall–Kier alpha value is -3.35. The third kappa shape index (κ3) is 4.23. The highest BCUT2D eigenvalue weighted by Gasteiger charge is 2.24. The zero-order valence-electron chi connectivity index (χ0n) is 17.3. The van der Waals surface area contributed by atoms with Crippen molar-refractivity contribution in [2.45, 2.75) is 46.2 Å². The molecule has 1 amide bonds. The number of pyridine rings is 1. The number of fused-ring (bicyclic) bond motifs is 1. The second-order valence-electron chi connectivity index (χ2n) is 8.15. The maximum absolute atomic E-state index is 12.7. The van der Waals surface area contributed by atoms with Crippen molar-refractivity contribution in [3.05, 3.63) is 53.7 Å².